The van der Waals surface area contributed by atoms with E-state index in [0.29, 0.717) is 11.1 Å². The monoisotopic (exact) mass is 240 g/mol. The van der Waals surface area contributed by atoms with Gasteiger partial charge in [0.1, 0.15) is 0 Å². The van der Waals surface area contributed by atoms with Crippen molar-refractivity contribution in [2.75, 3.05) is 0 Å². The molecule has 1 N–H and O–H groups in total. The van der Waals surface area contributed by atoms with Gasteiger partial charge in [0, 0.05) is 0 Å². The minimum absolute atomic E-state index is 0. The molecule has 0 fully saturated rings. The molecule has 0 atom stereocenters. The molecule has 0 spiro atoms. The Hall–Kier alpha value is 0.411. The molecule has 15 heavy (non-hydrogen) atoms. The first-order chi connectivity index (χ1) is 6.51. The zero-order valence-corrected chi connectivity index (χ0v) is 11.5. The Morgan fingerprint density at radius 3 is 2.47 bits per heavy atom. The summed E-state index contributed by atoms with van der Waals surface area (Å²) in [5.74, 6) is 0.233. The predicted octanol–water partition coefficient (Wildman–Crippen LogP) is -0.417. The van der Waals surface area contributed by atoms with Crippen molar-refractivity contribution < 1.29 is 69.4 Å². The summed E-state index contributed by atoms with van der Waals surface area (Å²) < 4.78 is 35.6. The number of aliphatic hydroxyl groups is 1. The van der Waals surface area contributed by atoms with Crippen LogP contribution in [-0.4, -0.2) is 12.1 Å². The summed E-state index contributed by atoms with van der Waals surface area (Å²) in [6, 6.07) is 6.32. The number of rotatable bonds is 3. The molecule has 0 aliphatic carbocycles. The van der Waals surface area contributed by atoms with Gasteiger partial charge in [0.25, 0.3) is 0 Å². The van der Waals surface area contributed by atoms with E-state index in [9.17, 15) is 12.9 Å². The second-order valence-corrected chi connectivity index (χ2v) is 2.89. The summed E-state index contributed by atoms with van der Waals surface area (Å²) in [5.41, 5.74) is 1.04. The number of benzene rings is 1. The van der Waals surface area contributed by atoms with Crippen molar-refractivity contribution in [2.24, 2.45) is 0 Å². The molecule has 0 saturated heterocycles. The first kappa shape index (κ1) is 15.4. The van der Waals surface area contributed by atoms with Gasteiger partial charge in [-0.2, -0.15) is 0 Å². The molecular weight excluding hydrogens is 231 g/mol. The number of hydrogen-bond donors (Lipinski definition) is 1. The van der Waals surface area contributed by atoms with Gasteiger partial charge in [0.2, 0.25) is 0 Å². The van der Waals surface area contributed by atoms with Crippen molar-refractivity contribution in [1.82, 2.24) is 0 Å². The molecule has 0 aliphatic rings. The normalized spacial score (nSPS) is 11.5. The quantitative estimate of drug-likeness (QED) is 0.712. The Labute approximate surface area is 129 Å². The van der Waals surface area contributed by atoms with Crippen molar-refractivity contribution in [3.63, 3.8) is 0 Å². The summed E-state index contributed by atoms with van der Waals surface area (Å²) >= 11 is 0. The van der Waals surface area contributed by atoms with Crippen LogP contribution in [0.2, 0.25) is 0 Å². The molecule has 1 aromatic carbocycles. The van der Waals surface area contributed by atoms with Gasteiger partial charge in [-0.15, -0.1) is 5.98 Å². The standard InChI is InChI=1S/C9H9BF3O.K/c11-10(12,13)5-4-8-2-1-3-9(6-8)7-14;/h1-6,14H,7H2;/q-1;+1/b5-4+;. The molecule has 1 nitrogen and oxygen atoms in total. The van der Waals surface area contributed by atoms with E-state index in [1.807, 2.05) is 0 Å². The zero-order valence-electron chi connectivity index (χ0n) is 8.33. The topological polar surface area (TPSA) is 20.2 Å². The molecule has 0 aliphatic heterocycles. The number of halogens is 3. The third-order valence-corrected chi connectivity index (χ3v) is 1.64. The molecular formula is C9H9BF3KO. The van der Waals surface area contributed by atoms with E-state index in [-0.39, 0.29) is 64.0 Å². The average Bonchev–Trinajstić information content (AvgIpc) is 2.14. The van der Waals surface area contributed by atoms with Crippen LogP contribution < -0.4 is 51.4 Å². The molecule has 0 bridgehead atoms. The fraction of sp³-hybridized carbons (Fsp3) is 0.111. The molecule has 0 aromatic heterocycles. The smallest absolute Gasteiger partial charge is 0.445 e. The summed E-state index contributed by atoms with van der Waals surface area (Å²) in [4.78, 5) is 0. The number of aliphatic hydroxyl groups excluding tert-OH is 1. The van der Waals surface area contributed by atoms with E-state index in [1.165, 1.54) is 6.07 Å². The fourth-order valence-electron chi connectivity index (χ4n) is 1.02. The van der Waals surface area contributed by atoms with Gasteiger partial charge in [0.05, 0.1) is 6.61 Å². The van der Waals surface area contributed by atoms with Crippen LogP contribution in [0, 0.1) is 0 Å². The van der Waals surface area contributed by atoms with Crippen LogP contribution in [-0.2, 0) is 6.61 Å². The second kappa shape index (κ2) is 6.88. The van der Waals surface area contributed by atoms with E-state index < -0.39 is 6.98 Å². The van der Waals surface area contributed by atoms with Gasteiger partial charge in [-0.05, 0) is 17.2 Å². The maximum atomic E-state index is 11.9. The van der Waals surface area contributed by atoms with Gasteiger partial charge in [-0.1, -0.05) is 24.3 Å². The van der Waals surface area contributed by atoms with Crippen LogP contribution in [0.5, 0.6) is 0 Å². The first-order valence-electron chi connectivity index (χ1n) is 4.10. The molecule has 0 unspecified atom stereocenters. The molecule has 1 rings (SSSR count). The maximum Gasteiger partial charge on any atom is 1.00 e. The van der Waals surface area contributed by atoms with Gasteiger partial charge < -0.3 is 18.1 Å². The van der Waals surface area contributed by atoms with Crippen molar-refractivity contribution >= 4 is 13.1 Å². The Morgan fingerprint density at radius 2 is 1.93 bits per heavy atom. The molecule has 6 heteroatoms. The third kappa shape index (κ3) is 6.55. The van der Waals surface area contributed by atoms with Crippen LogP contribution in [0.1, 0.15) is 11.1 Å². The Morgan fingerprint density at radius 1 is 1.27 bits per heavy atom. The Balaban J connectivity index is 0.00000196. The number of hydrogen-bond acceptors (Lipinski definition) is 1. The average molecular weight is 240 g/mol. The van der Waals surface area contributed by atoms with E-state index in [4.69, 9.17) is 5.11 Å². The van der Waals surface area contributed by atoms with Crippen molar-refractivity contribution in [1.29, 1.82) is 0 Å². The third-order valence-electron chi connectivity index (χ3n) is 1.64. The maximum absolute atomic E-state index is 11.9. The predicted molar refractivity (Wildman–Crippen MR) is 50.5 cm³/mol. The van der Waals surface area contributed by atoms with Crippen LogP contribution in [0.3, 0.4) is 0 Å². The largest absolute Gasteiger partial charge is 1.00 e. The van der Waals surface area contributed by atoms with Crippen molar-refractivity contribution in [3.05, 3.63) is 41.4 Å². The van der Waals surface area contributed by atoms with Crippen LogP contribution in [0.4, 0.5) is 12.9 Å². The SMILES string of the molecule is OCc1cccc(/C=C/[B-](F)(F)F)c1.[K+]. The Kier molecular flexibility index (Phi) is 7.07. The van der Waals surface area contributed by atoms with Crippen LogP contribution in [0.25, 0.3) is 6.08 Å². The van der Waals surface area contributed by atoms with Gasteiger partial charge in [-0.3, -0.25) is 0 Å². The van der Waals surface area contributed by atoms with E-state index >= 15 is 0 Å². The molecule has 0 radical (unpaired) electrons. The molecule has 76 valence electrons. The summed E-state index contributed by atoms with van der Waals surface area (Å²) in [6.07, 6.45) is 0.999. The summed E-state index contributed by atoms with van der Waals surface area (Å²) in [5, 5.41) is 8.75. The molecule has 0 amide bonds. The van der Waals surface area contributed by atoms with Crippen LogP contribution >= 0.6 is 0 Å². The van der Waals surface area contributed by atoms with E-state index in [0.717, 1.165) is 6.08 Å². The molecule has 0 saturated carbocycles. The fourth-order valence-corrected chi connectivity index (χ4v) is 1.02. The van der Waals surface area contributed by atoms with Gasteiger partial charge in [0.15, 0.2) is 0 Å². The molecule has 1 aromatic rings. The minimum atomic E-state index is -4.89. The minimum Gasteiger partial charge on any atom is -0.445 e. The second-order valence-electron chi connectivity index (χ2n) is 2.89. The van der Waals surface area contributed by atoms with Crippen LogP contribution in [0.15, 0.2) is 30.2 Å². The first-order valence-corrected chi connectivity index (χ1v) is 4.10. The summed E-state index contributed by atoms with van der Waals surface area (Å²) in [6.45, 7) is -5.06. The zero-order chi connectivity index (χ0) is 10.6. The van der Waals surface area contributed by atoms with E-state index in [1.54, 1.807) is 18.2 Å². The van der Waals surface area contributed by atoms with Crippen molar-refractivity contribution in [2.45, 2.75) is 6.61 Å². The van der Waals surface area contributed by atoms with Gasteiger partial charge >= 0.3 is 58.4 Å². The van der Waals surface area contributed by atoms with E-state index in [2.05, 4.69) is 0 Å². The van der Waals surface area contributed by atoms with Gasteiger partial charge in [-0.25, -0.2) is 0 Å². The Bertz CT molecular complexity index is 338. The summed E-state index contributed by atoms with van der Waals surface area (Å²) in [7, 11) is 0. The van der Waals surface area contributed by atoms with Crippen molar-refractivity contribution in [3.8, 4) is 0 Å². The molecule has 0 heterocycles.